The lowest BCUT2D eigenvalue weighted by atomic mass is 9.69. The molecule has 0 aliphatic heterocycles. The molecule has 0 saturated heterocycles. The number of rotatable bonds is 3. The second kappa shape index (κ2) is 3.43. The molecular formula is C13H22S. The third-order valence-electron chi connectivity index (χ3n) is 5.48. The summed E-state index contributed by atoms with van der Waals surface area (Å²) in [5.41, 5.74) is 0.814. The van der Waals surface area contributed by atoms with Gasteiger partial charge in [-0.05, 0) is 73.9 Å². The summed E-state index contributed by atoms with van der Waals surface area (Å²) >= 11 is 4.38. The van der Waals surface area contributed by atoms with Crippen molar-refractivity contribution in [1.29, 1.82) is 0 Å². The molecule has 0 aromatic carbocycles. The molecule has 3 aliphatic rings. The first kappa shape index (κ1) is 9.57. The lowest BCUT2D eigenvalue weighted by molar-refractivity contribution is 0.140. The second-order valence-electron chi connectivity index (χ2n) is 5.89. The Balaban J connectivity index is 1.78. The van der Waals surface area contributed by atoms with Crippen molar-refractivity contribution in [3.05, 3.63) is 0 Å². The molecule has 0 spiro atoms. The molecule has 0 aromatic rings. The molecule has 3 rings (SSSR count). The summed E-state index contributed by atoms with van der Waals surface area (Å²) in [5.74, 6) is 4.54. The summed E-state index contributed by atoms with van der Waals surface area (Å²) in [5, 5.41) is 0. The van der Waals surface area contributed by atoms with E-state index in [9.17, 15) is 0 Å². The summed E-state index contributed by atoms with van der Waals surface area (Å²) in [6.07, 6.45) is 12.2. The van der Waals surface area contributed by atoms with Crippen LogP contribution in [0, 0.1) is 23.2 Å². The van der Waals surface area contributed by atoms with Gasteiger partial charge in [-0.3, -0.25) is 0 Å². The maximum Gasteiger partial charge on any atom is -0.00977 e. The molecule has 3 fully saturated rings. The zero-order valence-electron chi connectivity index (χ0n) is 9.04. The number of hydrogen-bond acceptors (Lipinski definition) is 1. The SMILES string of the molecule is SCCCC12CCC(C1)C1CCCC12. The average molecular weight is 210 g/mol. The highest BCUT2D eigenvalue weighted by Crippen LogP contribution is 2.67. The van der Waals surface area contributed by atoms with Gasteiger partial charge in [0.2, 0.25) is 0 Å². The molecular weight excluding hydrogens is 188 g/mol. The van der Waals surface area contributed by atoms with Crippen molar-refractivity contribution < 1.29 is 0 Å². The third kappa shape index (κ3) is 1.20. The Hall–Kier alpha value is 0.350. The monoisotopic (exact) mass is 210 g/mol. The van der Waals surface area contributed by atoms with Crippen LogP contribution in [-0.2, 0) is 0 Å². The summed E-state index contributed by atoms with van der Waals surface area (Å²) in [7, 11) is 0. The van der Waals surface area contributed by atoms with Crippen LogP contribution in [0.4, 0.5) is 0 Å². The van der Waals surface area contributed by atoms with Crippen LogP contribution in [0.1, 0.15) is 51.4 Å². The Morgan fingerprint density at radius 2 is 2.14 bits per heavy atom. The molecule has 0 aromatic heterocycles. The topological polar surface area (TPSA) is 0 Å². The number of fused-ring (bicyclic) bond motifs is 5. The van der Waals surface area contributed by atoms with Gasteiger partial charge in [-0.15, -0.1) is 0 Å². The van der Waals surface area contributed by atoms with Gasteiger partial charge in [0.25, 0.3) is 0 Å². The van der Waals surface area contributed by atoms with Crippen LogP contribution in [0.15, 0.2) is 0 Å². The van der Waals surface area contributed by atoms with Crippen LogP contribution in [0.5, 0.6) is 0 Å². The predicted molar refractivity (Wildman–Crippen MR) is 63.7 cm³/mol. The van der Waals surface area contributed by atoms with E-state index in [1.807, 2.05) is 0 Å². The molecule has 0 N–H and O–H groups in total. The maximum atomic E-state index is 4.38. The van der Waals surface area contributed by atoms with E-state index in [-0.39, 0.29) is 0 Å². The van der Waals surface area contributed by atoms with E-state index in [0.29, 0.717) is 0 Å². The van der Waals surface area contributed by atoms with Gasteiger partial charge >= 0.3 is 0 Å². The minimum atomic E-state index is 0.814. The first-order valence-electron chi connectivity index (χ1n) is 6.47. The molecule has 0 amide bonds. The molecule has 4 unspecified atom stereocenters. The molecule has 1 heteroatoms. The van der Waals surface area contributed by atoms with Gasteiger partial charge in [-0.1, -0.05) is 6.42 Å². The van der Waals surface area contributed by atoms with Gasteiger partial charge in [0.1, 0.15) is 0 Å². The predicted octanol–water partition coefficient (Wildman–Crippen LogP) is 3.91. The van der Waals surface area contributed by atoms with Crippen LogP contribution in [0.25, 0.3) is 0 Å². The minimum Gasteiger partial charge on any atom is -0.179 e. The second-order valence-corrected chi connectivity index (χ2v) is 6.34. The van der Waals surface area contributed by atoms with Gasteiger partial charge in [0.15, 0.2) is 0 Å². The van der Waals surface area contributed by atoms with Crippen molar-refractivity contribution >= 4 is 12.6 Å². The molecule has 3 aliphatic carbocycles. The van der Waals surface area contributed by atoms with Crippen LogP contribution < -0.4 is 0 Å². The highest BCUT2D eigenvalue weighted by Gasteiger charge is 2.57. The molecule has 4 atom stereocenters. The van der Waals surface area contributed by atoms with Crippen LogP contribution in [-0.4, -0.2) is 5.75 Å². The lowest BCUT2D eigenvalue weighted by Gasteiger charge is -2.36. The fourth-order valence-corrected chi connectivity index (χ4v) is 5.22. The van der Waals surface area contributed by atoms with Gasteiger partial charge < -0.3 is 0 Å². The lowest BCUT2D eigenvalue weighted by Crippen LogP contribution is -2.27. The molecule has 3 saturated carbocycles. The zero-order chi connectivity index (χ0) is 9.60. The summed E-state index contributed by atoms with van der Waals surface area (Å²) in [6, 6.07) is 0. The Bertz CT molecular complexity index is 225. The van der Waals surface area contributed by atoms with E-state index >= 15 is 0 Å². The molecule has 0 nitrogen and oxygen atoms in total. The summed E-state index contributed by atoms with van der Waals surface area (Å²) in [4.78, 5) is 0. The van der Waals surface area contributed by atoms with E-state index < -0.39 is 0 Å². The maximum absolute atomic E-state index is 4.38. The van der Waals surface area contributed by atoms with E-state index in [4.69, 9.17) is 0 Å². The molecule has 80 valence electrons. The highest BCUT2D eigenvalue weighted by molar-refractivity contribution is 7.80. The van der Waals surface area contributed by atoms with Crippen molar-refractivity contribution in [1.82, 2.24) is 0 Å². The minimum absolute atomic E-state index is 0.814. The van der Waals surface area contributed by atoms with Crippen molar-refractivity contribution in [3.63, 3.8) is 0 Å². The first-order valence-corrected chi connectivity index (χ1v) is 7.10. The van der Waals surface area contributed by atoms with Crippen molar-refractivity contribution in [2.24, 2.45) is 23.2 Å². The van der Waals surface area contributed by atoms with Crippen LogP contribution >= 0.6 is 12.6 Å². The third-order valence-corrected chi connectivity index (χ3v) is 5.79. The van der Waals surface area contributed by atoms with Gasteiger partial charge in [0.05, 0.1) is 0 Å². The Morgan fingerprint density at radius 1 is 1.21 bits per heavy atom. The fourth-order valence-electron chi connectivity index (χ4n) is 5.06. The van der Waals surface area contributed by atoms with E-state index in [2.05, 4.69) is 12.6 Å². The van der Waals surface area contributed by atoms with Gasteiger partial charge in [-0.25, -0.2) is 0 Å². The summed E-state index contributed by atoms with van der Waals surface area (Å²) in [6.45, 7) is 0. The van der Waals surface area contributed by atoms with Crippen molar-refractivity contribution in [2.75, 3.05) is 5.75 Å². The Labute approximate surface area is 93.3 Å². The van der Waals surface area contributed by atoms with Crippen LogP contribution in [0.3, 0.4) is 0 Å². The molecule has 0 heterocycles. The highest BCUT2D eigenvalue weighted by atomic mass is 32.1. The van der Waals surface area contributed by atoms with E-state index in [1.54, 1.807) is 32.1 Å². The standard InChI is InChI=1S/C13H22S/c14-8-2-6-13-7-5-10(9-13)11-3-1-4-12(11)13/h10-12,14H,1-9H2. The first-order chi connectivity index (χ1) is 6.86. The van der Waals surface area contributed by atoms with Gasteiger partial charge in [0, 0.05) is 0 Å². The number of thiol groups is 1. The summed E-state index contributed by atoms with van der Waals surface area (Å²) < 4.78 is 0. The fraction of sp³-hybridized carbons (Fsp3) is 1.00. The van der Waals surface area contributed by atoms with E-state index in [0.717, 1.165) is 28.9 Å². The number of hydrogen-bond donors (Lipinski definition) is 1. The quantitative estimate of drug-likeness (QED) is 0.671. The zero-order valence-corrected chi connectivity index (χ0v) is 9.94. The molecule has 2 bridgehead atoms. The molecule has 14 heavy (non-hydrogen) atoms. The normalized spacial score (nSPS) is 49.9. The van der Waals surface area contributed by atoms with E-state index in [1.165, 1.54) is 19.3 Å². The largest absolute Gasteiger partial charge is 0.179 e. The van der Waals surface area contributed by atoms with Crippen molar-refractivity contribution in [2.45, 2.75) is 51.4 Å². The van der Waals surface area contributed by atoms with Gasteiger partial charge in [-0.2, -0.15) is 12.6 Å². The smallest absolute Gasteiger partial charge is 0.00977 e. The average Bonchev–Trinajstić information content (AvgIpc) is 2.86. The Kier molecular flexibility index (Phi) is 2.35. The van der Waals surface area contributed by atoms with Crippen LogP contribution in [0.2, 0.25) is 0 Å². The van der Waals surface area contributed by atoms with Crippen molar-refractivity contribution in [3.8, 4) is 0 Å². The molecule has 0 radical (unpaired) electrons. The Morgan fingerprint density at radius 3 is 3.00 bits per heavy atom.